The van der Waals surface area contributed by atoms with Crippen LogP contribution in [0.4, 0.5) is 0 Å². The SMILES string of the molecule is CC(C)CC(=O)N[C@@H]1CCc2nnc(Cc3ccccc3)n2C1. The van der Waals surface area contributed by atoms with Gasteiger partial charge in [-0.15, -0.1) is 10.2 Å². The van der Waals surface area contributed by atoms with Crippen LogP contribution in [0, 0.1) is 5.92 Å². The van der Waals surface area contributed by atoms with Gasteiger partial charge in [-0.1, -0.05) is 44.2 Å². The van der Waals surface area contributed by atoms with E-state index in [9.17, 15) is 4.79 Å². The molecule has 0 fully saturated rings. The normalized spacial score (nSPS) is 17.1. The molecule has 23 heavy (non-hydrogen) atoms. The number of benzene rings is 1. The van der Waals surface area contributed by atoms with Gasteiger partial charge in [-0.05, 0) is 17.9 Å². The first-order chi connectivity index (χ1) is 11.1. The Hall–Kier alpha value is -2.17. The fourth-order valence-corrected chi connectivity index (χ4v) is 3.07. The van der Waals surface area contributed by atoms with E-state index in [0.717, 1.165) is 37.5 Å². The third-order valence-corrected chi connectivity index (χ3v) is 4.19. The van der Waals surface area contributed by atoms with Crippen LogP contribution in [0.25, 0.3) is 0 Å². The number of carbonyl (C=O) groups is 1. The summed E-state index contributed by atoms with van der Waals surface area (Å²) in [6.07, 6.45) is 3.17. The number of nitrogens with one attached hydrogen (secondary N) is 1. The highest BCUT2D eigenvalue weighted by Gasteiger charge is 2.24. The topological polar surface area (TPSA) is 59.8 Å². The Balaban J connectivity index is 1.67. The van der Waals surface area contributed by atoms with Crippen LogP contribution in [-0.2, 0) is 24.2 Å². The van der Waals surface area contributed by atoms with Gasteiger partial charge >= 0.3 is 0 Å². The molecule has 2 heterocycles. The van der Waals surface area contributed by atoms with Crippen molar-refractivity contribution in [2.75, 3.05) is 0 Å². The van der Waals surface area contributed by atoms with E-state index in [1.54, 1.807) is 0 Å². The van der Waals surface area contributed by atoms with Gasteiger partial charge in [0, 0.05) is 31.8 Å². The van der Waals surface area contributed by atoms with Gasteiger partial charge in [-0.3, -0.25) is 4.79 Å². The van der Waals surface area contributed by atoms with Crippen molar-refractivity contribution in [3.05, 3.63) is 47.5 Å². The number of amides is 1. The second-order valence-electron chi connectivity index (χ2n) is 6.71. The van der Waals surface area contributed by atoms with E-state index in [0.29, 0.717) is 12.3 Å². The van der Waals surface area contributed by atoms with E-state index >= 15 is 0 Å². The molecule has 1 aliphatic heterocycles. The van der Waals surface area contributed by atoms with Crippen LogP contribution in [-0.4, -0.2) is 26.7 Å². The summed E-state index contributed by atoms with van der Waals surface area (Å²) in [5.74, 6) is 2.54. The fraction of sp³-hybridized carbons (Fsp3) is 0.500. The molecule has 0 aliphatic carbocycles. The van der Waals surface area contributed by atoms with Crippen LogP contribution in [0.2, 0.25) is 0 Å². The maximum atomic E-state index is 12.0. The molecule has 0 unspecified atom stereocenters. The Bertz CT molecular complexity index is 663. The molecule has 1 atom stereocenters. The molecular weight excluding hydrogens is 288 g/mol. The predicted octanol–water partition coefficient (Wildman–Crippen LogP) is 2.35. The number of aryl methyl sites for hydroxylation is 1. The summed E-state index contributed by atoms with van der Waals surface area (Å²) >= 11 is 0. The summed E-state index contributed by atoms with van der Waals surface area (Å²) in [5.41, 5.74) is 1.23. The molecule has 5 heteroatoms. The maximum absolute atomic E-state index is 12.0. The zero-order chi connectivity index (χ0) is 16.2. The number of nitrogens with zero attached hydrogens (tertiary/aromatic N) is 3. The first-order valence-corrected chi connectivity index (χ1v) is 8.36. The molecule has 1 aromatic carbocycles. The number of aromatic nitrogens is 3. The van der Waals surface area contributed by atoms with E-state index in [2.05, 4.69) is 46.1 Å². The lowest BCUT2D eigenvalue weighted by molar-refractivity contribution is -0.122. The van der Waals surface area contributed by atoms with Gasteiger partial charge in [0.25, 0.3) is 0 Å². The molecule has 0 bridgehead atoms. The molecule has 0 spiro atoms. The Morgan fingerprint density at radius 2 is 2.09 bits per heavy atom. The third-order valence-electron chi connectivity index (χ3n) is 4.19. The lowest BCUT2D eigenvalue weighted by atomic mass is 10.0. The van der Waals surface area contributed by atoms with E-state index in [1.165, 1.54) is 5.56 Å². The van der Waals surface area contributed by atoms with E-state index < -0.39 is 0 Å². The fourth-order valence-electron chi connectivity index (χ4n) is 3.07. The molecule has 3 rings (SSSR count). The van der Waals surface area contributed by atoms with Crippen LogP contribution in [0.15, 0.2) is 30.3 Å². The molecule has 0 saturated carbocycles. The monoisotopic (exact) mass is 312 g/mol. The molecule has 0 radical (unpaired) electrons. The Morgan fingerprint density at radius 3 is 2.83 bits per heavy atom. The van der Waals surface area contributed by atoms with Gasteiger partial charge in [0.05, 0.1) is 0 Å². The van der Waals surface area contributed by atoms with Gasteiger partial charge in [-0.2, -0.15) is 0 Å². The number of hydrogen-bond donors (Lipinski definition) is 1. The van der Waals surface area contributed by atoms with Crippen molar-refractivity contribution in [3.63, 3.8) is 0 Å². The van der Waals surface area contributed by atoms with E-state index in [1.807, 2.05) is 18.2 Å². The largest absolute Gasteiger partial charge is 0.352 e. The van der Waals surface area contributed by atoms with Crippen molar-refractivity contribution < 1.29 is 4.79 Å². The quantitative estimate of drug-likeness (QED) is 0.922. The van der Waals surface area contributed by atoms with E-state index in [-0.39, 0.29) is 11.9 Å². The second kappa shape index (κ2) is 6.94. The second-order valence-corrected chi connectivity index (χ2v) is 6.71. The molecular formula is C18H24N4O. The molecule has 0 saturated heterocycles. The van der Waals surface area contributed by atoms with Crippen LogP contribution in [0.5, 0.6) is 0 Å². The van der Waals surface area contributed by atoms with Crippen molar-refractivity contribution in [2.24, 2.45) is 5.92 Å². The highest BCUT2D eigenvalue weighted by Crippen LogP contribution is 2.17. The number of carbonyl (C=O) groups excluding carboxylic acids is 1. The Morgan fingerprint density at radius 1 is 1.30 bits per heavy atom. The van der Waals surface area contributed by atoms with Gasteiger partial charge in [0.1, 0.15) is 11.6 Å². The van der Waals surface area contributed by atoms with Gasteiger partial charge in [0.2, 0.25) is 5.91 Å². The van der Waals surface area contributed by atoms with Crippen LogP contribution in [0.3, 0.4) is 0 Å². The lowest BCUT2D eigenvalue weighted by Crippen LogP contribution is -2.41. The number of hydrogen-bond acceptors (Lipinski definition) is 3. The van der Waals surface area contributed by atoms with Crippen molar-refractivity contribution in [2.45, 2.75) is 52.1 Å². The lowest BCUT2D eigenvalue weighted by Gasteiger charge is -2.25. The van der Waals surface area contributed by atoms with Crippen molar-refractivity contribution in [1.82, 2.24) is 20.1 Å². The molecule has 2 aromatic rings. The molecule has 122 valence electrons. The van der Waals surface area contributed by atoms with Crippen LogP contribution >= 0.6 is 0 Å². The summed E-state index contributed by atoms with van der Waals surface area (Å²) in [6, 6.07) is 10.5. The first-order valence-electron chi connectivity index (χ1n) is 8.36. The maximum Gasteiger partial charge on any atom is 0.220 e. The standard InChI is InChI=1S/C18H24N4O/c1-13(2)10-18(23)19-15-8-9-16-20-21-17(22(16)12-15)11-14-6-4-3-5-7-14/h3-7,13,15H,8-12H2,1-2H3,(H,19,23)/t15-/m1/s1. The molecule has 1 aromatic heterocycles. The molecule has 1 aliphatic rings. The van der Waals surface area contributed by atoms with E-state index in [4.69, 9.17) is 0 Å². The summed E-state index contributed by atoms with van der Waals surface area (Å²) in [6.45, 7) is 4.90. The third kappa shape index (κ3) is 3.97. The van der Waals surface area contributed by atoms with Gasteiger partial charge < -0.3 is 9.88 Å². The van der Waals surface area contributed by atoms with Crippen LogP contribution < -0.4 is 5.32 Å². The smallest absolute Gasteiger partial charge is 0.220 e. The zero-order valence-corrected chi connectivity index (χ0v) is 13.8. The highest BCUT2D eigenvalue weighted by molar-refractivity contribution is 5.76. The summed E-state index contributed by atoms with van der Waals surface area (Å²) in [5, 5.41) is 11.8. The van der Waals surface area contributed by atoms with Crippen molar-refractivity contribution >= 4 is 5.91 Å². The Kier molecular flexibility index (Phi) is 4.74. The summed E-state index contributed by atoms with van der Waals surface area (Å²) in [7, 11) is 0. The van der Waals surface area contributed by atoms with Crippen LogP contribution in [0.1, 0.15) is 43.9 Å². The van der Waals surface area contributed by atoms with Crippen molar-refractivity contribution in [1.29, 1.82) is 0 Å². The molecule has 1 amide bonds. The average Bonchev–Trinajstić information content (AvgIpc) is 2.90. The van der Waals surface area contributed by atoms with Crippen molar-refractivity contribution in [3.8, 4) is 0 Å². The minimum atomic E-state index is 0.145. The minimum Gasteiger partial charge on any atom is -0.352 e. The Labute approximate surface area is 137 Å². The number of fused-ring (bicyclic) bond motifs is 1. The first kappa shape index (κ1) is 15.7. The zero-order valence-electron chi connectivity index (χ0n) is 13.8. The van der Waals surface area contributed by atoms with Gasteiger partial charge in [0.15, 0.2) is 0 Å². The number of rotatable bonds is 5. The molecule has 5 nitrogen and oxygen atoms in total. The molecule has 1 N–H and O–H groups in total. The summed E-state index contributed by atoms with van der Waals surface area (Å²) in [4.78, 5) is 12.0. The highest BCUT2D eigenvalue weighted by atomic mass is 16.1. The summed E-state index contributed by atoms with van der Waals surface area (Å²) < 4.78 is 2.18. The average molecular weight is 312 g/mol. The van der Waals surface area contributed by atoms with Gasteiger partial charge in [-0.25, -0.2) is 0 Å². The minimum absolute atomic E-state index is 0.145. The predicted molar refractivity (Wildman–Crippen MR) is 89.0 cm³/mol.